The van der Waals surface area contributed by atoms with E-state index in [1.165, 1.54) is 35.2 Å². The minimum atomic E-state index is -4.89. The van der Waals surface area contributed by atoms with Gasteiger partial charge in [0.05, 0.1) is 4.90 Å². The van der Waals surface area contributed by atoms with Crippen molar-refractivity contribution < 1.29 is 36.3 Å². The molecule has 2 aromatic carbocycles. The molecule has 2 unspecified atom stereocenters. The van der Waals surface area contributed by atoms with Crippen molar-refractivity contribution in [1.29, 1.82) is 0 Å². The Hall–Kier alpha value is -3.12. The maximum Gasteiger partial charge on any atom is 0.421 e. The number of benzene rings is 2. The Morgan fingerprint density at radius 3 is 2.29 bits per heavy atom. The highest BCUT2D eigenvalue weighted by Gasteiger charge is 2.51. The number of amides is 3. The summed E-state index contributed by atoms with van der Waals surface area (Å²) in [5.41, 5.74) is -2.38. The highest BCUT2D eigenvalue weighted by molar-refractivity contribution is 7.90. The summed E-state index contributed by atoms with van der Waals surface area (Å²) in [6.45, 7) is 2.63. The van der Waals surface area contributed by atoms with Crippen LogP contribution in [-0.2, 0) is 26.8 Å². The Morgan fingerprint density at radius 1 is 1.15 bits per heavy atom. The molecule has 0 saturated carbocycles. The molecular weight excluding hydrogens is 475 g/mol. The van der Waals surface area contributed by atoms with Gasteiger partial charge in [-0.25, -0.2) is 13.2 Å². The number of rotatable bonds is 5. The fourth-order valence-corrected chi connectivity index (χ4v) is 4.31. The number of alkyl halides is 3. The molecule has 0 saturated heterocycles. The van der Waals surface area contributed by atoms with E-state index < -0.39 is 45.2 Å². The van der Waals surface area contributed by atoms with Gasteiger partial charge in [-0.05, 0) is 54.8 Å². The number of carbonyl (C=O) groups excluding carboxylic acids is 2. The number of nitrogens with zero attached hydrogens (tertiary/aromatic N) is 1. The lowest BCUT2D eigenvalue weighted by Gasteiger charge is -2.27. The first-order chi connectivity index (χ1) is 15.7. The van der Waals surface area contributed by atoms with Crippen molar-refractivity contribution in [2.24, 2.45) is 0 Å². The van der Waals surface area contributed by atoms with E-state index in [2.05, 4.69) is 10.6 Å². The van der Waals surface area contributed by atoms with Crippen molar-refractivity contribution in [3.63, 3.8) is 0 Å². The number of halogens is 3. The fourth-order valence-electron chi connectivity index (χ4n) is 3.64. The van der Waals surface area contributed by atoms with Crippen molar-refractivity contribution >= 4 is 27.5 Å². The molecule has 1 aliphatic rings. The van der Waals surface area contributed by atoms with Crippen LogP contribution in [0.1, 0.15) is 36.6 Å². The minimum absolute atomic E-state index is 0.00397. The highest BCUT2D eigenvalue weighted by Crippen LogP contribution is 2.39. The van der Waals surface area contributed by atoms with Crippen molar-refractivity contribution in [3.8, 4) is 0 Å². The molecule has 0 fully saturated rings. The monoisotopic (exact) mass is 499 g/mol. The van der Waals surface area contributed by atoms with Gasteiger partial charge in [-0.15, -0.1) is 0 Å². The van der Waals surface area contributed by atoms with Gasteiger partial charge in [-0.3, -0.25) is 4.79 Å². The molecule has 184 valence electrons. The first-order valence-electron chi connectivity index (χ1n) is 10.2. The van der Waals surface area contributed by atoms with Crippen LogP contribution in [0.3, 0.4) is 0 Å². The van der Waals surface area contributed by atoms with Crippen LogP contribution in [0.5, 0.6) is 0 Å². The van der Waals surface area contributed by atoms with Crippen LogP contribution >= 0.6 is 0 Å². The predicted molar refractivity (Wildman–Crippen MR) is 118 cm³/mol. The molecule has 34 heavy (non-hydrogen) atoms. The average Bonchev–Trinajstić information content (AvgIpc) is 3.12. The summed E-state index contributed by atoms with van der Waals surface area (Å²) in [5.74, 6) is -0.632. The summed E-state index contributed by atoms with van der Waals surface area (Å²) in [4.78, 5) is 27.0. The van der Waals surface area contributed by atoms with Crippen molar-refractivity contribution in [3.05, 3.63) is 59.2 Å². The van der Waals surface area contributed by atoms with Gasteiger partial charge in [0.1, 0.15) is 6.04 Å². The van der Waals surface area contributed by atoms with Gasteiger partial charge >= 0.3 is 12.2 Å². The number of sulfone groups is 1. The molecular formula is C22H24F3N3O5S. The molecule has 2 aromatic rings. The number of nitrogens with one attached hydrogen (secondary N) is 2. The quantitative estimate of drug-likeness (QED) is 0.585. The second-order valence-electron chi connectivity index (χ2n) is 8.14. The van der Waals surface area contributed by atoms with E-state index in [1.807, 2.05) is 0 Å². The van der Waals surface area contributed by atoms with Crippen LogP contribution in [0.4, 0.5) is 23.7 Å². The number of anilines is 1. The van der Waals surface area contributed by atoms with Crippen LogP contribution in [-0.4, -0.2) is 49.3 Å². The average molecular weight is 500 g/mol. The Bertz CT molecular complexity index is 1210. The summed E-state index contributed by atoms with van der Waals surface area (Å²) in [6, 6.07) is 7.14. The van der Waals surface area contributed by atoms with Gasteiger partial charge < -0.3 is 20.6 Å². The molecule has 1 heterocycles. The number of carbonyl (C=O) groups is 2. The van der Waals surface area contributed by atoms with E-state index >= 15 is 0 Å². The van der Waals surface area contributed by atoms with Crippen LogP contribution < -0.4 is 10.6 Å². The molecule has 0 radical (unpaired) electrons. The Morgan fingerprint density at radius 2 is 1.76 bits per heavy atom. The van der Waals surface area contributed by atoms with Gasteiger partial charge in [0.2, 0.25) is 0 Å². The maximum atomic E-state index is 13.1. The molecule has 0 bridgehead atoms. The predicted octanol–water partition coefficient (Wildman–Crippen LogP) is 3.08. The van der Waals surface area contributed by atoms with Gasteiger partial charge in [0, 0.05) is 25.0 Å². The van der Waals surface area contributed by atoms with Crippen molar-refractivity contribution in [2.45, 2.75) is 43.1 Å². The molecule has 12 heteroatoms. The number of urea groups is 1. The van der Waals surface area contributed by atoms with Gasteiger partial charge in [-0.2, -0.15) is 13.2 Å². The Labute approximate surface area is 194 Å². The van der Waals surface area contributed by atoms with Gasteiger partial charge in [0.25, 0.3) is 5.91 Å². The van der Waals surface area contributed by atoms with E-state index in [9.17, 15) is 36.3 Å². The largest absolute Gasteiger partial charge is 0.421 e. The van der Waals surface area contributed by atoms with Crippen LogP contribution in [0.15, 0.2) is 47.4 Å². The summed E-state index contributed by atoms with van der Waals surface area (Å²) in [5, 5.41) is 15.0. The molecule has 3 rings (SSSR count). The van der Waals surface area contributed by atoms with Crippen molar-refractivity contribution in [2.75, 3.05) is 18.1 Å². The molecule has 1 aliphatic heterocycles. The van der Waals surface area contributed by atoms with Crippen LogP contribution in [0.2, 0.25) is 0 Å². The molecule has 3 amide bonds. The van der Waals surface area contributed by atoms with Crippen LogP contribution in [0, 0.1) is 0 Å². The van der Waals surface area contributed by atoms with Gasteiger partial charge in [-0.1, -0.05) is 18.2 Å². The summed E-state index contributed by atoms with van der Waals surface area (Å²) in [7, 11) is -3.51. The lowest BCUT2D eigenvalue weighted by molar-refractivity contribution is -0.258. The minimum Gasteiger partial charge on any atom is -0.376 e. The lowest BCUT2D eigenvalue weighted by Crippen LogP contribution is -2.42. The molecule has 0 aromatic heterocycles. The number of aliphatic hydroxyl groups is 1. The second-order valence-corrected chi connectivity index (χ2v) is 10.2. The molecule has 0 aliphatic carbocycles. The number of hydrogen-bond acceptors (Lipinski definition) is 5. The van der Waals surface area contributed by atoms with E-state index in [0.29, 0.717) is 24.6 Å². The number of hydrogen-bond donors (Lipinski definition) is 3. The third-order valence-corrected chi connectivity index (χ3v) is 6.70. The summed E-state index contributed by atoms with van der Waals surface area (Å²) in [6.07, 6.45) is -3.83. The lowest BCUT2D eigenvalue weighted by atomic mass is 9.95. The Kier molecular flexibility index (Phi) is 6.68. The summed E-state index contributed by atoms with van der Waals surface area (Å²) < 4.78 is 63.0. The molecule has 2 atom stereocenters. The number of fused-ring (bicyclic) bond motifs is 1. The summed E-state index contributed by atoms with van der Waals surface area (Å²) >= 11 is 0. The highest BCUT2D eigenvalue weighted by atomic mass is 32.2. The topological polar surface area (TPSA) is 116 Å². The third-order valence-electron chi connectivity index (χ3n) is 5.59. The second kappa shape index (κ2) is 8.91. The molecule has 8 nitrogen and oxygen atoms in total. The Balaban J connectivity index is 1.90. The van der Waals surface area contributed by atoms with Crippen LogP contribution in [0.25, 0.3) is 0 Å². The molecule has 3 N–H and O–H groups in total. The third kappa shape index (κ3) is 4.87. The van der Waals surface area contributed by atoms with Crippen molar-refractivity contribution in [1.82, 2.24) is 10.2 Å². The van der Waals surface area contributed by atoms with E-state index in [0.717, 1.165) is 18.4 Å². The standard InChI is InChI=1S/C22H24F3N3O5S/c1-4-26-20(30)28-12-13-11-16(34(3,32)33)9-10-17(13)18(28)19(29)27-15-7-5-14(6-8-15)21(2,31)22(23,24)25/h5-11,18,31H,4,12H2,1-3H3,(H,26,30)(H,27,29). The first kappa shape index (κ1) is 25.5. The normalized spacial score (nSPS) is 17.6. The zero-order valence-electron chi connectivity index (χ0n) is 18.6. The zero-order valence-corrected chi connectivity index (χ0v) is 19.4. The van der Waals surface area contributed by atoms with E-state index in [-0.39, 0.29) is 17.1 Å². The van der Waals surface area contributed by atoms with E-state index in [1.54, 1.807) is 6.92 Å². The zero-order chi connectivity index (χ0) is 25.5. The first-order valence-corrected chi connectivity index (χ1v) is 12.1. The smallest absolute Gasteiger partial charge is 0.376 e. The fraction of sp³-hybridized carbons (Fsp3) is 0.364. The maximum absolute atomic E-state index is 13.1. The van der Waals surface area contributed by atoms with Gasteiger partial charge in [0.15, 0.2) is 15.4 Å². The SMILES string of the molecule is CCNC(=O)N1Cc2cc(S(C)(=O)=O)ccc2C1C(=O)Nc1ccc(C(C)(O)C(F)(F)F)cc1. The van der Waals surface area contributed by atoms with E-state index in [4.69, 9.17) is 0 Å². The molecule has 0 spiro atoms.